The molecule has 1 rings (SSSR count). The fraction of sp³-hybridized carbons (Fsp3) is 0.571. The molecular formula is C7H10FNS. The molecule has 1 aromatic rings. The highest BCUT2D eigenvalue weighted by Gasteiger charge is 2.16. The van der Waals surface area contributed by atoms with Gasteiger partial charge < -0.3 is 0 Å². The van der Waals surface area contributed by atoms with Gasteiger partial charge in [0.25, 0.3) is 5.26 Å². The molecule has 10 heavy (non-hydrogen) atoms. The van der Waals surface area contributed by atoms with E-state index in [4.69, 9.17) is 0 Å². The van der Waals surface area contributed by atoms with Crippen molar-refractivity contribution in [3.63, 3.8) is 0 Å². The zero-order valence-electron chi connectivity index (χ0n) is 6.31. The predicted molar refractivity (Wildman–Crippen MR) is 40.8 cm³/mol. The molecule has 0 N–H and O–H groups in total. The van der Waals surface area contributed by atoms with Crippen molar-refractivity contribution in [3.8, 4) is 0 Å². The predicted octanol–water partition coefficient (Wildman–Crippen LogP) is 2.58. The van der Waals surface area contributed by atoms with Crippen LogP contribution in [0.1, 0.15) is 25.6 Å². The average Bonchev–Trinajstić information content (AvgIpc) is 2.11. The minimum absolute atomic E-state index is 0.0298. The van der Waals surface area contributed by atoms with Gasteiger partial charge in [-0.25, -0.2) is 4.98 Å². The van der Waals surface area contributed by atoms with E-state index >= 15 is 0 Å². The summed E-state index contributed by atoms with van der Waals surface area (Å²) in [6.45, 7) is 6.12. The molecule has 0 atom stereocenters. The molecule has 0 bridgehead atoms. The van der Waals surface area contributed by atoms with Crippen molar-refractivity contribution in [1.82, 2.24) is 4.98 Å². The van der Waals surface area contributed by atoms with E-state index in [9.17, 15) is 4.39 Å². The Hall–Kier alpha value is -0.440. The van der Waals surface area contributed by atoms with Gasteiger partial charge in [0.1, 0.15) is 0 Å². The molecule has 1 aromatic heterocycles. The number of hydrogen-bond acceptors (Lipinski definition) is 2. The summed E-state index contributed by atoms with van der Waals surface area (Å²) in [7, 11) is 0. The first-order valence-electron chi connectivity index (χ1n) is 3.12. The Bertz CT molecular complexity index is 224. The van der Waals surface area contributed by atoms with Gasteiger partial charge in [-0.2, -0.15) is 4.39 Å². The second-order valence-corrected chi connectivity index (χ2v) is 4.21. The van der Waals surface area contributed by atoms with Crippen LogP contribution in [0.3, 0.4) is 0 Å². The minimum atomic E-state index is -0.343. The number of nitrogens with zero attached hydrogens (tertiary/aromatic N) is 1. The van der Waals surface area contributed by atoms with Gasteiger partial charge >= 0.3 is 0 Å². The van der Waals surface area contributed by atoms with Crippen molar-refractivity contribution in [3.05, 3.63) is 16.3 Å². The summed E-state index contributed by atoms with van der Waals surface area (Å²) in [5.41, 5.74) is 0.0298. The van der Waals surface area contributed by atoms with Gasteiger partial charge in [0, 0.05) is 11.1 Å². The SMILES string of the molecule is CC(C)(C)c1cnc(F)s1. The van der Waals surface area contributed by atoms with Gasteiger partial charge in [0.05, 0.1) is 0 Å². The molecule has 0 saturated carbocycles. The van der Waals surface area contributed by atoms with Crippen LogP contribution in [-0.4, -0.2) is 4.98 Å². The molecule has 0 aromatic carbocycles. The fourth-order valence-corrected chi connectivity index (χ4v) is 1.30. The Morgan fingerprint density at radius 1 is 1.50 bits per heavy atom. The third-order valence-electron chi connectivity index (χ3n) is 1.22. The largest absolute Gasteiger partial charge is 0.269 e. The molecule has 0 aliphatic carbocycles. The van der Waals surface area contributed by atoms with Crippen molar-refractivity contribution in [1.29, 1.82) is 0 Å². The quantitative estimate of drug-likeness (QED) is 0.567. The first-order valence-corrected chi connectivity index (χ1v) is 3.93. The van der Waals surface area contributed by atoms with Crippen LogP contribution in [0.15, 0.2) is 6.20 Å². The zero-order chi connectivity index (χ0) is 7.78. The van der Waals surface area contributed by atoms with Crippen LogP contribution in [0.4, 0.5) is 4.39 Å². The molecule has 0 unspecified atom stereocenters. The lowest BCUT2D eigenvalue weighted by atomic mass is 9.96. The highest BCUT2D eigenvalue weighted by molar-refractivity contribution is 7.10. The van der Waals surface area contributed by atoms with E-state index in [0.717, 1.165) is 16.2 Å². The van der Waals surface area contributed by atoms with Crippen LogP contribution in [0.5, 0.6) is 0 Å². The maximum Gasteiger partial charge on any atom is 0.269 e. The van der Waals surface area contributed by atoms with Gasteiger partial charge in [0.2, 0.25) is 0 Å². The summed E-state index contributed by atoms with van der Waals surface area (Å²) in [6.07, 6.45) is 1.60. The van der Waals surface area contributed by atoms with Crippen molar-refractivity contribution in [2.24, 2.45) is 0 Å². The first-order chi connectivity index (χ1) is 4.50. The topological polar surface area (TPSA) is 12.9 Å². The van der Waals surface area contributed by atoms with Gasteiger partial charge in [0.15, 0.2) is 0 Å². The average molecular weight is 159 g/mol. The standard InChI is InChI=1S/C7H10FNS/c1-7(2,3)5-4-9-6(8)10-5/h4H,1-3H3. The molecule has 3 heteroatoms. The monoisotopic (exact) mass is 159 g/mol. The van der Waals surface area contributed by atoms with E-state index in [0.29, 0.717) is 0 Å². The second-order valence-electron chi connectivity index (χ2n) is 3.23. The molecule has 0 aliphatic heterocycles. The Morgan fingerprint density at radius 2 is 2.10 bits per heavy atom. The summed E-state index contributed by atoms with van der Waals surface area (Å²) in [5, 5.41) is -0.343. The fourth-order valence-electron chi connectivity index (χ4n) is 0.600. The van der Waals surface area contributed by atoms with Crippen LogP contribution in [0, 0.1) is 5.26 Å². The Morgan fingerprint density at radius 3 is 2.30 bits per heavy atom. The number of rotatable bonds is 0. The van der Waals surface area contributed by atoms with E-state index in [-0.39, 0.29) is 10.7 Å². The van der Waals surface area contributed by atoms with Crippen LogP contribution < -0.4 is 0 Å². The summed E-state index contributed by atoms with van der Waals surface area (Å²) in [4.78, 5) is 4.53. The van der Waals surface area contributed by atoms with Crippen molar-refractivity contribution < 1.29 is 4.39 Å². The lowest BCUT2D eigenvalue weighted by molar-refractivity contribution is 0.601. The van der Waals surface area contributed by atoms with E-state index < -0.39 is 0 Å². The van der Waals surface area contributed by atoms with Crippen LogP contribution >= 0.6 is 11.3 Å². The Kier molecular flexibility index (Phi) is 1.77. The molecule has 0 radical (unpaired) electrons. The maximum atomic E-state index is 12.4. The summed E-state index contributed by atoms with van der Waals surface area (Å²) >= 11 is 1.12. The molecule has 0 spiro atoms. The molecule has 0 saturated heterocycles. The lowest BCUT2D eigenvalue weighted by Gasteiger charge is -2.13. The van der Waals surface area contributed by atoms with Crippen LogP contribution in [0.25, 0.3) is 0 Å². The van der Waals surface area contributed by atoms with Crippen LogP contribution in [0.2, 0.25) is 0 Å². The molecule has 1 nitrogen and oxygen atoms in total. The smallest absolute Gasteiger partial charge is 0.218 e. The number of aromatic nitrogens is 1. The number of hydrogen-bond donors (Lipinski definition) is 0. The molecular weight excluding hydrogens is 149 g/mol. The molecule has 1 heterocycles. The third kappa shape index (κ3) is 1.53. The lowest BCUT2D eigenvalue weighted by Crippen LogP contribution is -2.07. The Labute approximate surface area is 63.9 Å². The first kappa shape index (κ1) is 7.66. The minimum Gasteiger partial charge on any atom is -0.218 e. The molecule has 0 amide bonds. The van der Waals surface area contributed by atoms with Crippen LogP contribution in [-0.2, 0) is 5.41 Å². The molecule has 56 valence electrons. The van der Waals surface area contributed by atoms with E-state index in [2.05, 4.69) is 4.98 Å². The Balaban J connectivity index is 2.96. The normalized spacial score (nSPS) is 12.0. The number of thiazole rings is 1. The van der Waals surface area contributed by atoms with E-state index in [1.807, 2.05) is 20.8 Å². The van der Waals surface area contributed by atoms with Crippen molar-refractivity contribution in [2.75, 3.05) is 0 Å². The third-order valence-corrected chi connectivity index (χ3v) is 2.43. The molecule has 0 fully saturated rings. The second kappa shape index (κ2) is 2.31. The van der Waals surface area contributed by atoms with E-state index in [1.54, 1.807) is 6.20 Å². The highest BCUT2D eigenvalue weighted by atomic mass is 32.1. The molecule has 0 aliphatic rings. The van der Waals surface area contributed by atoms with Gasteiger partial charge in [-0.1, -0.05) is 32.1 Å². The van der Waals surface area contributed by atoms with Crippen molar-refractivity contribution in [2.45, 2.75) is 26.2 Å². The highest BCUT2D eigenvalue weighted by Crippen LogP contribution is 2.26. The summed E-state index contributed by atoms with van der Waals surface area (Å²) in [5.74, 6) is 0. The van der Waals surface area contributed by atoms with Gasteiger partial charge in [-0.05, 0) is 5.41 Å². The summed E-state index contributed by atoms with van der Waals surface area (Å²) in [6, 6.07) is 0. The zero-order valence-corrected chi connectivity index (χ0v) is 7.13. The van der Waals surface area contributed by atoms with Crippen molar-refractivity contribution >= 4 is 11.3 Å². The number of halogens is 1. The maximum absolute atomic E-state index is 12.4. The van der Waals surface area contributed by atoms with Gasteiger partial charge in [-0.15, -0.1) is 0 Å². The van der Waals surface area contributed by atoms with Gasteiger partial charge in [-0.3, -0.25) is 0 Å². The summed E-state index contributed by atoms with van der Waals surface area (Å²) < 4.78 is 12.4. The van der Waals surface area contributed by atoms with E-state index in [1.165, 1.54) is 0 Å².